The first-order valence-electron chi connectivity index (χ1n) is 5.55. The third kappa shape index (κ3) is 1.68. The lowest BCUT2D eigenvalue weighted by atomic mass is 10.00. The van der Waals surface area contributed by atoms with Crippen LogP contribution in [-0.2, 0) is 9.47 Å². The van der Waals surface area contributed by atoms with E-state index in [1.54, 1.807) is 0 Å². The van der Waals surface area contributed by atoms with Crippen LogP contribution in [-0.4, -0.2) is 13.2 Å². The molecule has 0 aromatic heterocycles. The Morgan fingerprint density at radius 3 is 2.41 bits per heavy atom. The number of nitrogens with zero attached hydrogens (tertiary/aromatic N) is 1. The van der Waals surface area contributed by atoms with E-state index in [0.29, 0.717) is 18.8 Å². The van der Waals surface area contributed by atoms with Gasteiger partial charge in [-0.3, -0.25) is 0 Å². The maximum atomic E-state index is 9.08. The summed E-state index contributed by atoms with van der Waals surface area (Å²) >= 11 is 0. The lowest BCUT2D eigenvalue weighted by Crippen LogP contribution is -1.99. The molecule has 0 radical (unpaired) electrons. The van der Waals surface area contributed by atoms with Crippen molar-refractivity contribution in [3.05, 3.63) is 47.5 Å². The van der Waals surface area contributed by atoms with Gasteiger partial charge in [0.15, 0.2) is 6.29 Å². The molecule has 17 heavy (non-hydrogen) atoms. The zero-order valence-electron chi connectivity index (χ0n) is 9.22. The highest BCUT2D eigenvalue weighted by molar-refractivity contribution is 5.90. The Morgan fingerprint density at radius 1 is 1.00 bits per heavy atom. The summed E-state index contributed by atoms with van der Waals surface area (Å²) in [5.41, 5.74) is 1.68. The fourth-order valence-corrected chi connectivity index (χ4v) is 2.16. The molecule has 0 atom stereocenters. The Kier molecular flexibility index (Phi) is 2.52. The molecule has 3 heteroatoms. The minimum Gasteiger partial charge on any atom is -0.346 e. The van der Waals surface area contributed by atoms with Crippen molar-refractivity contribution in [1.82, 2.24) is 0 Å². The molecule has 2 aromatic rings. The molecule has 2 aromatic carbocycles. The fraction of sp³-hybridized carbons (Fsp3) is 0.214. The molecule has 0 unspecified atom stereocenters. The topological polar surface area (TPSA) is 42.2 Å². The molecule has 0 saturated carbocycles. The minimum absolute atomic E-state index is 0.298. The highest BCUT2D eigenvalue weighted by Gasteiger charge is 2.20. The van der Waals surface area contributed by atoms with Crippen LogP contribution in [0.15, 0.2) is 36.4 Å². The van der Waals surface area contributed by atoms with Crippen LogP contribution in [0, 0.1) is 11.3 Å². The summed E-state index contributed by atoms with van der Waals surface area (Å²) in [5.74, 6) is 0. The van der Waals surface area contributed by atoms with E-state index in [2.05, 4.69) is 6.07 Å². The second-order valence-electron chi connectivity index (χ2n) is 3.93. The number of nitriles is 1. The molecule has 0 N–H and O–H groups in total. The van der Waals surface area contributed by atoms with Crippen LogP contribution in [0.5, 0.6) is 0 Å². The van der Waals surface area contributed by atoms with Gasteiger partial charge in [-0.25, -0.2) is 0 Å². The standard InChI is InChI=1S/C14H11NO2/c15-9-10-5-6-13(14-16-7-8-17-14)12-4-2-1-3-11(10)12/h1-6,14H,7-8H2. The first-order valence-corrected chi connectivity index (χ1v) is 5.55. The quantitative estimate of drug-likeness (QED) is 0.749. The summed E-state index contributed by atoms with van der Waals surface area (Å²) < 4.78 is 11.0. The van der Waals surface area contributed by atoms with Gasteiger partial charge in [-0.15, -0.1) is 0 Å². The van der Waals surface area contributed by atoms with Crippen molar-refractivity contribution in [3.63, 3.8) is 0 Å². The van der Waals surface area contributed by atoms with Crippen molar-refractivity contribution in [3.8, 4) is 6.07 Å². The molecular formula is C14H11NO2. The monoisotopic (exact) mass is 225 g/mol. The van der Waals surface area contributed by atoms with Crippen LogP contribution in [0.4, 0.5) is 0 Å². The molecule has 1 fully saturated rings. The number of ether oxygens (including phenoxy) is 2. The minimum atomic E-state index is -0.298. The number of rotatable bonds is 1. The van der Waals surface area contributed by atoms with Gasteiger partial charge in [-0.2, -0.15) is 5.26 Å². The molecule has 0 bridgehead atoms. The molecule has 3 nitrogen and oxygen atoms in total. The highest BCUT2D eigenvalue weighted by atomic mass is 16.7. The molecule has 0 spiro atoms. The summed E-state index contributed by atoms with van der Waals surface area (Å²) in [5, 5.41) is 11.1. The Bertz CT molecular complexity index is 595. The number of hydrogen-bond donors (Lipinski definition) is 0. The largest absolute Gasteiger partial charge is 0.346 e. The molecule has 1 aliphatic heterocycles. The predicted octanol–water partition coefficient (Wildman–Crippen LogP) is 2.76. The molecule has 84 valence electrons. The van der Waals surface area contributed by atoms with Gasteiger partial charge in [0.05, 0.1) is 24.8 Å². The molecule has 1 heterocycles. The highest BCUT2D eigenvalue weighted by Crippen LogP contribution is 2.31. The summed E-state index contributed by atoms with van der Waals surface area (Å²) in [6.07, 6.45) is -0.298. The third-order valence-electron chi connectivity index (χ3n) is 2.95. The maximum Gasteiger partial charge on any atom is 0.184 e. The second kappa shape index (κ2) is 4.17. The average Bonchev–Trinajstić information content (AvgIpc) is 2.91. The van der Waals surface area contributed by atoms with E-state index in [-0.39, 0.29) is 6.29 Å². The van der Waals surface area contributed by atoms with E-state index >= 15 is 0 Å². The van der Waals surface area contributed by atoms with E-state index in [0.717, 1.165) is 16.3 Å². The van der Waals surface area contributed by atoms with E-state index in [9.17, 15) is 0 Å². The Morgan fingerprint density at radius 2 is 1.71 bits per heavy atom. The Labute approximate surface area is 99.2 Å². The van der Waals surface area contributed by atoms with Gasteiger partial charge in [0, 0.05) is 5.56 Å². The third-order valence-corrected chi connectivity index (χ3v) is 2.95. The van der Waals surface area contributed by atoms with Crippen LogP contribution in [0.1, 0.15) is 17.4 Å². The zero-order chi connectivity index (χ0) is 11.7. The van der Waals surface area contributed by atoms with Crippen molar-refractivity contribution in [1.29, 1.82) is 5.26 Å². The van der Waals surface area contributed by atoms with Crippen molar-refractivity contribution in [2.75, 3.05) is 13.2 Å². The second-order valence-corrected chi connectivity index (χ2v) is 3.93. The fourth-order valence-electron chi connectivity index (χ4n) is 2.16. The Hall–Kier alpha value is -1.89. The number of hydrogen-bond acceptors (Lipinski definition) is 3. The molecular weight excluding hydrogens is 214 g/mol. The summed E-state index contributed by atoms with van der Waals surface area (Å²) in [7, 11) is 0. The number of fused-ring (bicyclic) bond motifs is 1. The lowest BCUT2D eigenvalue weighted by molar-refractivity contribution is -0.0430. The van der Waals surface area contributed by atoms with Gasteiger partial charge in [0.1, 0.15) is 0 Å². The van der Waals surface area contributed by atoms with Gasteiger partial charge in [0.2, 0.25) is 0 Å². The van der Waals surface area contributed by atoms with E-state index in [4.69, 9.17) is 14.7 Å². The van der Waals surface area contributed by atoms with E-state index < -0.39 is 0 Å². The molecule has 1 saturated heterocycles. The maximum absolute atomic E-state index is 9.08. The van der Waals surface area contributed by atoms with Gasteiger partial charge in [0.25, 0.3) is 0 Å². The first kappa shape index (κ1) is 10.3. The lowest BCUT2D eigenvalue weighted by Gasteiger charge is -2.13. The molecule has 1 aliphatic rings. The zero-order valence-corrected chi connectivity index (χ0v) is 9.22. The molecule has 0 aliphatic carbocycles. The van der Waals surface area contributed by atoms with Crippen LogP contribution in [0.25, 0.3) is 10.8 Å². The summed E-state index contributed by atoms with van der Waals surface area (Å²) in [4.78, 5) is 0. The predicted molar refractivity (Wildman–Crippen MR) is 63.3 cm³/mol. The van der Waals surface area contributed by atoms with Gasteiger partial charge in [-0.05, 0) is 16.8 Å². The van der Waals surface area contributed by atoms with Crippen LogP contribution < -0.4 is 0 Å². The Balaban J connectivity index is 2.23. The summed E-state index contributed by atoms with van der Waals surface area (Å²) in [6, 6.07) is 13.8. The van der Waals surface area contributed by atoms with E-state index in [1.165, 1.54) is 0 Å². The average molecular weight is 225 g/mol. The smallest absolute Gasteiger partial charge is 0.184 e. The van der Waals surface area contributed by atoms with Crippen LogP contribution >= 0.6 is 0 Å². The normalized spacial score (nSPS) is 16.2. The first-order chi connectivity index (χ1) is 8.40. The van der Waals surface area contributed by atoms with E-state index in [1.807, 2.05) is 36.4 Å². The molecule has 0 amide bonds. The van der Waals surface area contributed by atoms with Crippen LogP contribution in [0.2, 0.25) is 0 Å². The SMILES string of the molecule is N#Cc1ccc(C2OCCO2)c2ccccc12. The summed E-state index contributed by atoms with van der Waals surface area (Å²) in [6.45, 7) is 1.25. The van der Waals surface area contributed by atoms with Crippen molar-refractivity contribution in [2.45, 2.75) is 6.29 Å². The number of benzene rings is 2. The van der Waals surface area contributed by atoms with Crippen LogP contribution in [0.3, 0.4) is 0 Å². The van der Waals surface area contributed by atoms with Crippen molar-refractivity contribution < 1.29 is 9.47 Å². The van der Waals surface area contributed by atoms with Crippen molar-refractivity contribution >= 4 is 10.8 Å². The van der Waals surface area contributed by atoms with Gasteiger partial charge in [-0.1, -0.05) is 30.3 Å². The van der Waals surface area contributed by atoms with Gasteiger partial charge < -0.3 is 9.47 Å². The van der Waals surface area contributed by atoms with Gasteiger partial charge >= 0.3 is 0 Å². The molecule has 3 rings (SSSR count). The van der Waals surface area contributed by atoms with Crippen molar-refractivity contribution in [2.24, 2.45) is 0 Å².